The van der Waals surface area contributed by atoms with Crippen LogP contribution in [0.2, 0.25) is 0 Å². The SMILES string of the molecule is CC(=O)Nc1nc2c(s1)-c1c(c(-c3cccnc3)nn1-c1ccc(NC(=O)C3CCOCC3)cc1)CC2. The molecule has 2 aliphatic rings. The van der Waals surface area contributed by atoms with Crippen molar-refractivity contribution in [1.29, 1.82) is 0 Å². The summed E-state index contributed by atoms with van der Waals surface area (Å²) in [6, 6.07) is 11.7. The molecule has 9 nitrogen and oxygen atoms in total. The Kier molecular flexibility index (Phi) is 6.27. The van der Waals surface area contributed by atoms with Gasteiger partial charge >= 0.3 is 0 Å². The Morgan fingerprint density at radius 1 is 1.08 bits per heavy atom. The normalized spacial score (nSPS) is 15.1. The zero-order chi connectivity index (χ0) is 25.4. The van der Waals surface area contributed by atoms with E-state index in [9.17, 15) is 9.59 Å². The van der Waals surface area contributed by atoms with Gasteiger partial charge in [-0.15, -0.1) is 0 Å². The number of nitrogens with zero attached hydrogens (tertiary/aromatic N) is 4. The smallest absolute Gasteiger partial charge is 0.227 e. The van der Waals surface area contributed by atoms with Crippen LogP contribution in [0.1, 0.15) is 31.0 Å². The highest BCUT2D eigenvalue weighted by Crippen LogP contribution is 2.44. The largest absolute Gasteiger partial charge is 0.381 e. The van der Waals surface area contributed by atoms with Gasteiger partial charge in [-0.05, 0) is 62.1 Å². The van der Waals surface area contributed by atoms with Crippen LogP contribution in [0.4, 0.5) is 10.8 Å². The van der Waals surface area contributed by atoms with Crippen molar-refractivity contribution in [2.24, 2.45) is 5.92 Å². The second-order valence-corrected chi connectivity index (χ2v) is 10.2. The van der Waals surface area contributed by atoms with Gasteiger partial charge in [-0.3, -0.25) is 14.6 Å². The van der Waals surface area contributed by atoms with E-state index < -0.39 is 0 Å². The first-order chi connectivity index (χ1) is 18.1. The van der Waals surface area contributed by atoms with Gasteiger partial charge in [-0.25, -0.2) is 9.67 Å². The molecule has 0 radical (unpaired) electrons. The first-order valence-electron chi connectivity index (χ1n) is 12.4. The Labute approximate surface area is 217 Å². The molecule has 0 spiro atoms. The van der Waals surface area contributed by atoms with Gasteiger partial charge in [0, 0.05) is 55.3 Å². The molecule has 10 heteroatoms. The number of thiazole rings is 1. The first kappa shape index (κ1) is 23.5. The van der Waals surface area contributed by atoms with Crippen molar-refractivity contribution in [1.82, 2.24) is 19.7 Å². The van der Waals surface area contributed by atoms with Crippen molar-refractivity contribution in [2.75, 3.05) is 23.8 Å². The maximum absolute atomic E-state index is 12.7. The van der Waals surface area contributed by atoms with Crippen LogP contribution in [-0.2, 0) is 27.2 Å². The molecule has 1 aliphatic carbocycles. The maximum Gasteiger partial charge on any atom is 0.227 e. The Morgan fingerprint density at radius 3 is 2.62 bits per heavy atom. The minimum absolute atomic E-state index is 0.0174. The van der Waals surface area contributed by atoms with Crippen LogP contribution in [0.3, 0.4) is 0 Å². The van der Waals surface area contributed by atoms with Crippen LogP contribution in [0.5, 0.6) is 0 Å². The summed E-state index contributed by atoms with van der Waals surface area (Å²) in [7, 11) is 0. The molecule has 0 unspecified atom stereocenters. The monoisotopic (exact) mass is 514 g/mol. The van der Waals surface area contributed by atoms with E-state index in [0.717, 1.165) is 70.1 Å². The van der Waals surface area contributed by atoms with Crippen molar-refractivity contribution in [3.8, 4) is 27.5 Å². The van der Waals surface area contributed by atoms with Gasteiger partial charge in [-0.2, -0.15) is 5.10 Å². The lowest BCUT2D eigenvalue weighted by molar-refractivity contribution is -0.122. The zero-order valence-electron chi connectivity index (χ0n) is 20.4. The summed E-state index contributed by atoms with van der Waals surface area (Å²) < 4.78 is 7.31. The fourth-order valence-electron chi connectivity index (χ4n) is 4.89. The molecule has 0 atom stereocenters. The molecule has 2 N–H and O–H groups in total. The molecule has 2 amide bonds. The molecule has 6 rings (SSSR count). The number of aromatic nitrogens is 4. The highest BCUT2D eigenvalue weighted by molar-refractivity contribution is 7.19. The van der Waals surface area contributed by atoms with Crippen molar-refractivity contribution >= 4 is 34.0 Å². The van der Waals surface area contributed by atoms with Gasteiger partial charge in [0.05, 0.1) is 27.6 Å². The van der Waals surface area contributed by atoms with E-state index in [1.54, 1.807) is 6.20 Å². The molecule has 0 bridgehead atoms. The van der Waals surface area contributed by atoms with E-state index in [1.807, 2.05) is 47.3 Å². The maximum atomic E-state index is 12.7. The van der Waals surface area contributed by atoms with Crippen LogP contribution >= 0.6 is 11.3 Å². The van der Waals surface area contributed by atoms with Crippen molar-refractivity contribution < 1.29 is 14.3 Å². The minimum atomic E-state index is -0.144. The molecular weight excluding hydrogens is 488 g/mol. The summed E-state index contributed by atoms with van der Waals surface area (Å²) in [5.74, 6) is -0.128. The number of hydrogen-bond acceptors (Lipinski definition) is 7. The number of amides is 2. The Morgan fingerprint density at radius 2 is 1.89 bits per heavy atom. The fraction of sp³-hybridized carbons (Fsp3) is 0.296. The third kappa shape index (κ3) is 4.65. The predicted molar refractivity (Wildman–Crippen MR) is 142 cm³/mol. The summed E-state index contributed by atoms with van der Waals surface area (Å²) >= 11 is 1.46. The highest BCUT2D eigenvalue weighted by Gasteiger charge is 2.30. The molecule has 1 aliphatic heterocycles. The molecule has 1 aromatic carbocycles. The number of benzene rings is 1. The number of ether oxygens (including phenoxy) is 1. The topological polar surface area (TPSA) is 111 Å². The number of aryl methyl sites for hydroxylation is 1. The van der Waals surface area contributed by atoms with Gasteiger partial charge in [0.15, 0.2) is 5.13 Å². The summed E-state index contributed by atoms with van der Waals surface area (Å²) in [5, 5.41) is 11.5. The Bertz CT molecular complexity index is 1460. The van der Waals surface area contributed by atoms with Crippen molar-refractivity contribution in [3.63, 3.8) is 0 Å². The zero-order valence-corrected chi connectivity index (χ0v) is 21.2. The van der Waals surface area contributed by atoms with Gasteiger partial charge in [-0.1, -0.05) is 11.3 Å². The van der Waals surface area contributed by atoms with E-state index in [2.05, 4.69) is 20.6 Å². The molecule has 1 fully saturated rings. The van der Waals surface area contributed by atoms with E-state index in [1.165, 1.54) is 18.3 Å². The van der Waals surface area contributed by atoms with Crippen molar-refractivity contribution in [3.05, 3.63) is 60.0 Å². The first-order valence-corrected chi connectivity index (χ1v) is 13.2. The van der Waals surface area contributed by atoms with E-state index in [0.29, 0.717) is 18.3 Å². The van der Waals surface area contributed by atoms with Crippen LogP contribution in [0, 0.1) is 5.92 Å². The van der Waals surface area contributed by atoms with Crippen molar-refractivity contribution in [2.45, 2.75) is 32.6 Å². The number of pyridine rings is 1. The summed E-state index contributed by atoms with van der Waals surface area (Å²) in [6.45, 7) is 2.74. The molecule has 188 valence electrons. The average molecular weight is 515 g/mol. The fourth-order valence-corrected chi connectivity index (χ4v) is 6.00. The third-order valence-corrected chi connectivity index (χ3v) is 7.72. The number of hydrogen-bond donors (Lipinski definition) is 2. The van der Waals surface area contributed by atoms with Crippen LogP contribution in [0.15, 0.2) is 48.8 Å². The quantitative estimate of drug-likeness (QED) is 0.406. The average Bonchev–Trinajstić information content (AvgIpc) is 3.51. The third-order valence-electron chi connectivity index (χ3n) is 6.70. The second-order valence-electron chi connectivity index (χ2n) is 9.23. The number of carbonyl (C=O) groups excluding carboxylic acids is 2. The van der Waals surface area contributed by atoms with Crippen LogP contribution in [0.25, 0.3) is 27.5 Å². The lowest BCUT2D eigenvalue weighted by Crippen LogP contribution is -2.28. The molecule has 4 heterocycles. The summed E-state index contributed by atoms with van der Waals surface area (Å²) in [4.78, 5) is 34.3. The highest BCUT2D eigenvalue weighted by atomic mass is 32.1. The molecule has 0 saturated carbocycles. The summed E-state index contributed by atoms with van der Waals surface area (Å²) in [6.07, 6.45) is 6.63. The standard InChI is InChI=1S/C27H26N6O3S/c1-16(34)29-27-31-22-9-8-21-23(18-3-2-12-28-15-18)32-33(24(21)25(22)37-27)20-6-4-19(5-7-20)30-26(35)17-10-13-36-14-11-17/h2-7,12,15,17H,8-11,13-14H2,1H3,(H,30,35)(H,29,31,34). The van der Waals surface area contributed by atoms with Crippen LogP contribution in [-0.4, -0.2) is 44.8 Å². The van der Waals surface area contributed by atoms with E-state index in [4.69, 9.17) is 9.84 Å². The number of nitrogens with one attached hydrogen (secondary N) is 2. The number of carbonyl (C=O) groups is 2. The van der Waals surface area contributed by atoms with Gasteiger partial charge < -0.3 is 15.4 Å². The lowest BCUT2D eigenvalue weighted by atomic mass is 9.95. The Balaban J connectivity index is 1.37. The number of fused-ring (bicyclic) bond motifs is 3. The number of rotatable bonds is 5. The number of anilines is 2. The minimum Gasteiger partial charge on any atom is -0.381 e. The molecule has 37 heavy (non-hydrogen) atoms. The predicted octanol–water partition coefficient (Wildman–Crippen LogP) is 4.48. The summed E-state index contributed by atoms with van der Waals surface area (Å²) in [5.41, 5.74) is 6.54. The van der Waals surface area contributed by atoms with Gasteiger partial charge in [0.25, 0.3) is 0 Å². The molecule has 1 saturated heterocycles. The molecular formula is C27H26N6O3S. The van der Waals surface area contributed by atoms with Crippen LogP contribution < -0.4 is 10.6 Å². The van der Waals surface area contributed by atoms with E-state index in [-0.39, 0.29) is 17.7 Å². The molecule has 4 aromatic rings. The molecule has 3 aromatic heterocycles. The van der Waals surface area contributed by atoms with Gasteiger partial charge in [0.2, 0.25) is 11.8 Å². The van der Waals surface area contributed by atoms with E-state index >= 15 is 0 Å². The lowest BCUT2D eigenvalue weighted by Gasteiger charge is -2.21. The Hall–Kier alpha value is -3.89. The van der Waals surface area contributed by atoms with Gasteiger partial charge in [0.1, 0.15) is 0 Å². The second kappa shape index (κ2) is 9.87.